The molecule has 17 heavy (non-hydrogen) atoms. The SMILES string of the molecule is COCC1=CC(C)=NC(C)N1/C=C\CC(N)=O. The first-order valence-corrected chi connectivity index (χ1v) is 5.51. The summed E-state index contributed by atoms with van der Waals surface area (Å²) >= 11 is 0. The Morgan fingerprint density at radius 3 is 3.00 bits per heavy atom. The van der Waals surface area contributed by atoms with Crippen molar-refractivity contribution in [1.29, 1.82) is 0 Å². The Hall–Kier alpha value is -1.62. The van der Waals surface area contributed by atoms with Crippen LogP contribution in [-0.2, 0) is 9.53 Å². The van der Waals surface area contributed by atoms with Gasteiger partial charge in [0.15, 0.2) is 0 Å². The predicted molar refractivity (Wildman–Crippen MR) is 67.3 cm³/mol. The summed E-state index contributed by atoms with van der Waals surface area (Å²) in [5.74, 6) is -0.345. The van der Waals surface area contributed by atoms with Crippen LogP contribution in [0.3, 0.4) is 0 Å². The maximum absolute atomic E-state index is 10.7. The van der Waals surface area contributed by atoms with Gasteiger partial charge >= 0.3 is 0 Å². The van der Waals surface area contributed by atoms with Crippen LogP contribution < -0.4 is 5.73 Å². The van der Waals surface area contributed by atoms with E-state index in [1.54, 1.807) is 13.2 Å². The van der Waals surface area contributed by atoms with E-state index in [1.165, 1.54) is 0 Å². The number of methoxy groups -OCH3 is 1. The zero-order valence-corrected chi connectivity index (χ0v) is 10.5. The number of rotatable bonds is 5. The highest BCUT2D eigenvalue weighted by atomic mass is 16.5. The Kier molecular flexibility index (Phi) is 4.90. The van der Waals surface area contributed by atoms with Crippen LogP contribution in [0.4, 0.5) is 0 Å². The monoisotopic (exact) mass is 237 g/mol. The smallest absolute Gasteiger partial charge is 0.221 e. The number of hydrogen-bond acceptors (Lipinski definition) is 4. The van der Waals surface area contributed by atoms with Crippen LogP contribution in [0.2, 0.25) is 0 Å². The third-order valence-corrected chi connectivity index (χ3v) is 2.38. The minimum atomic E-state index is -0.345. The van der Waals surface area contributed by atoms with Gasteiger partial charge in [0.1, 0.15) is 6.17 Å². The molecule has 1 unspecified atom stereocenters. The van der Waals surface area contributed by atoms with Crippen molar-refractivity contribution in [2.24, 2.45) is 10.7 Å². The summed E-state index contributed by atoms with van der Waals surface area (Å²) in [7, 11) is 1.65. The van der Waals surface area contributed by atoms with Gasteiger partial charge in [-0.15, -0.1) is 0 Å². The van der Waals surface area contributed by atoms with Crippen LogP contribution in [-0.4, -0.2) is 36.4 Å². The van der Waals surface area contributed by atoms with Gasteiger partial charge in [-0.25, -0.2) is 0 Å². The van der Waals surface area contributed by atoms with Crippen molar-refractivity contribution < 1.29 is 9.53 Å². The highest BCUT2D eigenvalue weighted by molar-refractivity contribution is 5.94. The lowest BCUT2D eigenvalue weighted by atomic mass is 10.2. The van der Waals surface area contributed by atoms with Gasteiger partial charge in [-0.2, -0.15) is 0 Å². The molecule has 1 aliphatic heterocycles. The molecule has 94 valence electrons. The van der Waals surface area contributed by atoms with Crippen LogP contribution in [0, 0.1) is 0 Å². The molecule has 0 saturated heterocycles. The molecule has 5 heteroatoms. The lowest BCUT2D eigenvalue weighted by Crippen LogP contribution is -2.32. The fourth-order valence-corrected chi connectivity index (χ4v) is 1.72. The Balaban J connectivity index is 2.77. The molecule has 1 amide bonds. The van der Waals surface area contributed by atoms with Crippen LogP contribution in [0.25, 0.3) is 0 Å². The second-order valence-corrected chi connectivity index (χ2v) is 3.93. The highest BCUT2D eigenvalue weighted by Gasteiger charge is 2.17. The predicted octanol–water partition coefficient (Wildman–Crippen LogP) is 1.03. The van der Waals surface area contributed by atoms with E-state index >= 15 is 0 Å². The Labute approximate surface area is 102 Å². The topological polar surface area (TPSA) is 67.9 Å². The minimum Gasteiger partial charge on any atom is -0.378 e. The van der Waals surface area contributed by atoms with Crippen LogP contribution in [0.15, 0.2) is 29.0 Å². The molecular formula is C12H19N3O2. The second kappa shape index (κ2) is 6.20. The van der Waals surface area contributed by atoms with Crippen molar-refractivity contribution in [3.63, 3.8) is 0 Å². The molecule has 0 aromatic heterocycles. The summed E-state index contributed by atoms with van der Waals surface area (Å²) in [6.45, 7) is 4.45. The first kappa shape index (κ1) is 13.4. The van der Waals surface area contributed by atoms with Crippen molar-refractivity contribution in [2.45, 2.75) is 26.4 Å². The Morgan fingerprint density at radius 1 is 1.71 bits per heavy atom. The summed E-state index contributed by atoms with van der Waals surface area (Å²) in [6.07, 6.45) is 5.77. The number of ether oxygens (including phenoxy) is 1. The number of aliphatic imine (C=N–C) groups is 1. The number of nitrogens with zero attached hydrogens (tertiary/aromatic N) is 2. The number of amides is 1. The molecule has 1 aliphatic rings. The summed E-state index contributed by atoms with van der Waals surface area (Å²) < 4.78 is 5.15. The quantitative estimate of drug-likeness (QED) is 0.776. The summed E-state index contributed by atoms with van der Waals surface area (Å²) in [5.41, 5.74) is 7.08. The fourth-order valence-electron chi connectivity index (χ4n) is 1.72. The molecular weight excluding hydrogens is 218 g/mol. The molecule has 0 aromatic rings. The molecule has 1 heterocycles. The van der Waals surface area contributed by atoms with Crippen molar-refractivity contribution in [3.05, 3.63) is 24.0 Å². The molecule has 1 atom stereocenters. The maximum Gasteiger partial charge on any atom is 0.221 e. The second-order valence-electron chi connectivity index (χ2n) is 3.93. The number of primary amides is 1. The van der Waals surface area contributed by atoms with Gasteiger partial charge in [0.05, 0.1) is 6.61 Å². The van der Waals surface area contributed by atoms with Crippen molar-refractivity contribution >= 4 is 11.6 Å². The molecule has 5 nitrogen and oxygen atoms in total. The number of carbonyl (C=O) groups excluding carboxylic acids is 1. The summed E-state index contributed by atoms with van der Waals surface area (Å²) in [6, 6.07) is 0. The lowest BCUT2D eigenvalue weighted by Gasteiger charge is -2.30. The van der Waals surface area contributed by atoms with E-state index < -0.39 is 0 Å². The molecule has 0 bridgehead atoms. The van der Waals surface area contributed by atoms with E-state index in [9.17, 15) is 4.79 Å². The first-order chi connectivity index (χ1) is 8.04. The van der Waals surface area contributed by atoms with Gasteiger partial charge in [-0.1, -0.05) is 6.08 Å². The zero-order valence-electron chi connectivity index (χ0n) is 10.5. The zero-order chi connectivity index (χ0) is 12.8. The van der Waals surface area contributed by atoms with Gasteiger partial charge < -0.3 is 15.4 Å². The number of hydrogen-bond donors (Lipinski definition) is 1. The lowest BCUT2D eigenvalue weighted by molar-refractivity contribution is -0.117. The molecule has 2 N–H and O–H groups in total. The van der Waals surface area contributed by atoms with Gasteiger partial charge in [0, 0.05) is 31.1 Å². The molecule has 0 radical (unpaired) electrons. The standard InChI is InChI=1S/C12H19N3O2/c1-9-7-11(8-17-3)15(10(2)14-9)6-4-5-12(13)16/h4,6-7,10H,5,8H2,1-3H3,(H2,13,16)/b6-4-. The van der Waals surface area contributed by atoms with E-state index in [-0.39, 0.29) is 18.5 Å². The first-order valence-electron chi connectivity index (χ1n) is 5.51. The van der Waals surface area contributed by atoms with Crippen LogP contribution in [0.1, 0.15) is 20.3 Å². The molecule has 1 rings (SSSR count). The number of nitrogens with two attached hydrogens (primary N) is 1. The molecule has 0 saturated carbocycles. The number of allylic oxidation sites excluding steroid dienone is 1. The Bertz CT molecular complexity index is 372. The average molecular weight is 237 g/mol. The third-order valence-electron chi connectivity index (χ3n) is 2.38. The van der Waals surface area contributed by atoms with Gasteiger partial charge in [0.2, 0.25) is 5.91 Å². The van der Waals surface area contributed by atoms with Crippen molar-refractivity contribution in [1.82, 2.24) is 4.90 Å². The fraction of sp³-hybridized carbons (Fsp3) is 0.500. The van der Waals surface area contributed by atoms with Crippen molar-refractivity contribution in [3.8, 4) is 0 Å². The highest BCUT2D eigenvalue weighted by Crippen LogP contribution is 2.17. The summed E-state index contributed by atoms with van der Waals surface area (Å²) in [4.78, 5) is 17.1. The van der Waals surface area contributed by atoms with Gasteiger partial charge in [-0.3, -0.25) is 9.79 Å². The molecule has 0 fully saturated rings. The third kappa shape index (κ3) is 4.03. The average Bonchev–Trinajstić information content (AvgIpc) is 2.21. The van der Waals surface area contributed by atoms with Crippen LogP contribution >= 0.6 is 0 Å². The van der Waals surface area contributed by atoms with E-state index in [1.807, 2.05) is 31.0 Å². The molecule has 0 spiro atoms. The van der Waals surface area contributed by atoms with Crippen molar-refractivity contribution in [2.75, 3.05) is 13.7 Å². The van der Waals surface area contributed by atoms with E-state index in [0.29, 0.717) is 6.61 Å². The maximum atomic E-state index is 10.7. The Morgan fingerprint density at radius 2 is 2.41 bits per heavy atom. The minimum absolute atomic E-state index is 0.00859. The molecule has 0 aromatic carbocycles. The van der Waals surface area contributed by atoms with E-state index in [0.717, 1.165) is 11.4 Å². The van der Waals surface area contributed by atoms with Crippen LogP contribution in [0.5, 0.6) is 0 Å². The normalized spacial score (nSPS) is 20.4. The molecule has 0 aliphatic carbocycles. The largest absolute Gasteiger partial charge is 0.378 e. The van der Waals surface area contributed by atoms with E-state index in [2.05, 4.69) is 4.99 Å². The summed E-state index contributed by atoms with van der Waals surface area (Å²) in [5, 5.41) is 0. The van der Waals surface area contributed by atoms with E-state index in [4.69, 9.17) is 10.5 Å². The van der Waals surface area contributed by atoms with Gasteiger partial charge in [0.25, 0.3) is 0 Å². The van der Waals surface area contributed by atoms with Gasteiger partial charge in [-0.05, 0) is 19.9 Å². The number of carbonyl (C=O) groups is 1.